The molecule has 1 saturated heterocycles. The highest BCUT2D eigenvalue weighted by Crippen LogP contribution is 2.29. The van der Waals surface area contributed by atoms with E-state index in [1.165, 1.54) is 43.3 Å². The maximum absolute atomic E-state index is 13.3. The lowest BCUT2D eigenvalue weighted by molar-refractivity contribution is -0.133. The predicted octanol–water partition coefficient (Wildman–Crippen LogP) is 4.14. The van der Waals surface area contributed by atoms with Gasteiger partial charge in [-0.25, -0.2) is 9.18 Å². The SMILES string of the molecule is CC1(c2ccc(F)cc2)NC(=O)N(CC(=O)Nc2ccccc2C(=O)Nc2ccc(Cl)cc2)C1=O. The van der Waals surface area contributed by atoms with Crippen molar-refractivity contribution in [2.45, 2.75) is 12.5 Å². The van der Waals surface area contributed by atoms with Crippen LogP contribution >= 0.6 is 11.6 Å². The third-order valence-electron chi connectivity index (χ3n) is 5.55. The summed E-state index contributed by atoms with van der Waals surface area (Å²) in [6.45, 7) is 0.906. The smallest absolute Gasteiger partial charge is 0.324 e. The average molecular weight is 495 g/mol. The number of amides is 5. The van der Waals surface area contributed by atoms with Crippen molar-refractivity contribution >= 4 is 46.7 Å². The molecule has 1 heterocycles. The van der Waals surface area contributed by atoms with Crippen LogP contribution in [0.25, 0.3) is 0 Å². The Hall–Kier alpha value is -4.24. The summed E-state index contributed by atoms with van der Waals surface area (Å²) in [7, 11) is 0. The molecule has 5 amide bonds. The number of para-hydroxylation sites is 1. The van der Waals surface area contributed by atoms with Crippen LogP contribution in [0, 0.1) is 5.82 Å². The molecule has 178 valence electrons. The second-order valence-corrected chi connectivity index (χ2v) is 8.44. The van der Waals surface area contributed by atoms with Crippen LogP contribution in [0.15, 0.2) is 72.8 Å². The van der Waals surface area contributed by atoms with Gasteiger partial charge in [0, 0.05) is 10.7 Å². The molecule has 0 spiro atoms. The number of benzene rings is 3. The fourth-order valence-electron chi connectivity index (χ4n) is 3.67. The molecule has 1 fully saturated rings. The zero-order valence-electron chi connectivity index (χ0n) is 18.5. The van der Waals surface area contributed by atoms with Gasteiger partial charge >= 0.3 is 6.03 Å². The van der Waals surface area contributed by atoms with Gasteiger partial charge in [-0.3, -0.25) is 19.3 Å². The van der Waals surface area contributed by atoms with Crippen molar-refractivity contribution in [3.8, 4) is 0 Å². The molecular weight excluding hydrogens is 475 g/mol. The molecule has 35 heavy (non-hydrogen) atoms. The minimum absolute atomic E-state index is 0.184. The van der Waals surface area contributed by atoms with E-state index in [0.717, 1.165) is 4.90 Å². The highest BCUT2D eigenvalue weighted by Gasteiger charge is 2.49. The highest BCUT2D eigenvalue weighted by molar-refractivity contribution is 6.30. The van der Waals surface area contributed by atoms with Gasteiger partial charge in [0.2, 0.25) is 5.91 Å². The van der Waals surface area contributed by atoms with E-state index in [1.807, 2.05) is 0 Å². The normalized spacial score (nSPS) is 17.2. The number of imide groups is 1. The van der Waals surface area contributed by atoms with Crippen LogP contribution in [0.1, 0.15) is 22.8 Å². The Morgan fingerprint density at radius 1 is 0.971 bits per heavy atom. The zero-order chi connectivity index (χ0) is 25.2. The average Bonchev–Trinajstić information content (AvgIpc) is 3.05. The number of hydrogen-bond acceptors (Lipinski definition) is 4. The third kappa shape index (κ3) is 4.99. The quantitative estimate of drug-likeness (QED) is 0.448. The number of carbonyl (C=O) groups excluding carboxylic acids is 4. The summed E-state index contributed by atoms with van der Waals surface area (Å²) in [5, 5.41) is 8.38. The first-order valence-electron chi connectivity index (χ1n) is 10.5. The Labute approximate surface area is 205 Å². The van der Waals surface area contributed by atoms with Gasteiger partial charge in [0.15, 0.2) is 0 Å². The maximum atomic E-state index is 13.3. The van der Waals surface area contributed by atoms with Gasteiger partial charge < -0.3 is 16.0 Å². The van der Waals surface area contributed by atoms with E-state index in [1.54, 1.807) is 36.4 Å². The number of halogens is 2. The van der Waals surface area contributed by atoms with Crippen molar-refractivity contribution in [1.29, 1.82) is 0 Å². The van der Waals surface area contributed by atoms with Crippen LogP contribution in [0.3, 0.4) is 0 Å². The van der Waals surface area contributed by atoms with Gasteiger partial charge in [-0.05, 0) is 61.0 Å². The molecule has 0 aromatic heterocycles. The van der Waals surface area contributed by atoms with E-state index in [9.17, 15) is 23.6 Å². The lowest BCUT2D eigenvalue weighted by Crippen LogP contribution is -2.42. The first kappa shape index (κ1) is 23.9. The van der Waals surface area contributed by atoms with Gasteiger partial charge in [0.1, 0.15) is 17.9 Å². The first-order valence-corrected chi connectivity index (χ1v) is 10.9. The summed E-state index contributed by atoms with van der Waals surface area (Å²) in [6, 6.07) is 17.3. The summed E-state index contributed by atoms with van der Waals surface area (Å²) in [5.41, 5.74) is -0.160. The number of hydrogen-bond donors (Lipinski definition) is 3. The fourth-order valence-corrected chi connectivity index (χ4v) is 3.80. The van der Waals surface area contributed by atoms with Gasteiger partial charge in [0.25, 0.3) is 11.8 Å². The fraction of sp³-hybridized carbons (Fsp3) is 0.120. The summed E-state index contributed by atoms with van der Waals surface area (Å²) < 4.78 is 13.3. The number of carbonyl (C=O) groups is 4. The molecule has 1 atom stereocenters. The summed E-state index contributed by atoms with van der Waals surface area (Å²) in [5.74, 6) is -2.28. The van der Waals surface area contributed by atoms with E-state index in [4.69, 9.17) is 11.6 Å². The molecule has 1 aliphatic heterocycles. The summed E-state index contributed by atoms with van der Waals surface area (Å²) in [4.78, 5) is 51.8. The largest absolute Gasteiger partial charge is 0.325 e. The van der Waals surface area contributed by atoms with Crippen molar-refractivity contribution in [3.63, 3.8) is 0 Å². The second kappa shape index (κ2) is 9.55. The molecular formula is C25H20ClFN4O4. The first-order chi connectivity index (χ1) is 16.7. The molecule has 3 aromatic carbocycles. The molecule has 1 unspecified atom stereocenters. The molecule has 3 aromatic rings. The highest BCUT2D eigenvalue weighted by atomic mass is 35.5. The zero-order valence-corrected chi connectivity index (χ0v) is 19.2. The molecule has 0 radical (unpaired) electrons. The molecule has 3 N–H and O–H groups in total. The van der Waals surface area contributed by atoms with Crippen molar-refractivity contribution < 1.29 is 23.6 Å². The van der Waals surface area contributed by atoms with Crippen LogP contribution in [0.2, 0.25) is 5.02 Å². The van der Waals surface area contributed by atoms with Crippen molar-refractivity contribution in [2.24, 2.45) is 0 Å². The molecule has 0 aliphatic carbocycles. The van der Waals surface area contributed by atoms with Crippen LogP contribution < -0.4 is 16.0 Å². The number of urea groups is 1. The summed E-state index contributed by atoms with van der Waals surface area (Å²) in [6.07, 6.45) is 0. The Morgan fingerprint density at radius 2 is 1.63 bits per heavy atom. The lowest BCUT2D eigenvalue weighted by Gasteiger charge is -2.22. The van der Waals surface area contributed by atoms with E-state index in [0.29, 0.717) is 16.3 Å². The maximum Gasteiger partial charge on any atom is 0.325 e. The molecule has 10 heteroatoms. The topological polar surface area (TPSA) is 108 Å². The molecule has 8 nitrogen and oxygen atoms in total. The second-order valence-electron chi connectivity index (χ2n) is 8.01. The predicted molar refractivity (Wildman–Crippen MR) is 128 cm³/mol. The molecule has 0 bridgehead atoms. The van der Waals surface area contributed by atoms with E-state index in [2.05, 4.69) is 16.0 Å². The van der Waals surface area contributed by atoms with Crippen LogP contribution in [0.5, 0.6) is 0 Å². The van der Waals surface area contributed by atoms with Crippen molar-refractivity contribution in [1.82, 2.24) is 10.2 Å². The van der Waals surface area contributed by atoms with Gasteiger partial charge in [-0.1, -0.05) is 35.9 Å². The van der Waals surface area contributed by atoms with E-state index < -0.39 is 41.7 Å². The Balaban J connectivity index is 1.46. The number of nitrogens with zero attached hydrogens (tertiary/aromatic N) is 1. The van der Waals surface area contributed by atoms with Crippen molar-refractivity contribution in [2.75, 3.05) is 17.2 Å². The Morgan fingerprint density at radius 3 is 2.31 bits per heavy atom. The molecule has 0 saturated carbocycles. The van der Waals surface area contributed by atoms with Gasteiger partial charge in [-0.2, -0.15) is 0 Å². The van der Waals surface area contributed by atoms with Gasteiger partial charge in [0.05, 0.1) is 11.3 Å². The Kier molecular flexibility index (Phi) is 6.52. The Bertz CT molecular complexity index is 1310. The third-order valence-corrected chi connectivity index (χ3v) is 5.80. The van der Waals surface area contributed by atoms with E-state index >= 15 is 0 Å². The monoisotopic (exact) mass is 494 g/mol. The lowest BCUT2D eigenvalue weighted by atomic mass is 9.92. The van der Waals surface area contributed by atoms with Crippen LogP contribution in [-0.4, -0.2) is 35.2 Å². The standard InChI is InChI=1S/C25H20ClFN4O4/c1-25(15-6-10-17(27)11-7-15)23(34)31(24(35)30-25)14-21(32)29-20-5-3-2-4-19(20)22(33)28-18-12-8-16(26)9-13-18/h2-13H,14H2,1H3,(H,28,33)(H,29,32)(H,30,35). The number of anilines is 2. The van der Waals surface area contributed by atoms with Gasteiger partial charge in [-0.15, -0.1) is 0 Å². The number of rotatable bonds is 6. The van der Waals surface area contributed by atoms with E-state index in [-0.39, 0.29) is 11.3 Å². The minimum Gasteiger partial charge on any atom is -0.324 e. The molecule has 1 aliphatic rings. The number of nitrogens with one attached hydrogen (secondary N) is 3. The van der Waals surface area contributed by atoms with Crippen molar-refractivity contribution in [3.05, 3.63) is 94.8 Å². The van der Waals surface area contributed by atoms with Crippen LogP contribution in [0.4, 0.5) is 20.6 Å². The van der Waals surface area contributed by atoms with Crippen LogP contribution in [-0.2, 0) is 15.1 Å². The minimum atomic E-state index is -1.44. The summed E-state index contributed by atoms with van der Waals surface area (Å²) >= 11 is 5.87. The molecule has 4 rings (SSSR count).